The van der Waals surface area contributed by atoms with Crippen LogP contribution in [0.3, 0.4) is 0 Å². The number of hydrogen-bond acceptors (Lipinski definition) is 4. The zero-order valence-corrected chi connectivity index (χ0v) is 17.3. The molecule has 1 aromatic rings. The lowest BCUT2D eigenvalue weighted by atomic mass is 9.88. The lowest BCUT2D eigenvalue weighted by Crippen LogP contribution is -2.55. The Morgan fingerprint density at radius 1 is 1.31 bits per heavy atom. The van der Waals surface area contributed by atoms with E-state index >= 15 is 0 Å². The first-order valence-corrected chi connectivity index (χ1v) is 10.3. The second-order valence-electron chi connectivity index (χ2n) is 7.36. The number of rotatable bonds is 7. The molecule has 0 bridgehead atoms. The topological polar surface area (TPSA) is 101 Å². The van der Waals surface area contributed by atoms with E-state index in [1.165, 1.54) is 12.1 Å². The minimum Gasteiger partial charge on any atom is -0.345 e. The first-order chi connectivity index (χ1) is 11.7. The molecule has 26 heavy (non-hydrogen) atoms. The number of carbonyl (C=O) groups excluding carboxylic acids is 1. The summed E-state index contributed by atoms with van der Waals surface area (Å²) >= 11 is 0. The minimum atomic E-state index is -3.62. The smallest absolute Gasteiger partial charge is 0.251 e. The highest BCUT2D eigenvalue weighted by Crippen LogP contribution is 2.21. The van der Waals surface area contributed by atoms with Crippen LogP contribution in [-0.2, 0) is 10.0 Å². The zero-order valence-electron chi connectivity index (χ0n) is 15.6. The molecule has 1 aliphatic rings. The van der Waals surface area contributed by atoms with Crippen LogP contribution in [-0.4, -0.2) is 32.5 Å². The molecule has 1 aliphatic carbocycles. The Balaban J connectivity index is 0.00000338. The number of carbonyl (C=O) groups is 1. The Morgan fingerprint density at radius 3 is 2.46 bits per heavy atom. The van der Waals surface area contributed by atoms with E-state index in [0.717, 1.165) is 25.7 Å². The quantitative estimate of drug-likeness (QED) is 0.650. The van der Waals surface area contributed by atoms with Gasteiger partial charge in [-0.2, -0.15) is 0 Å². The number of benzene rings is 1. The van der Waals surface area contributed by atoms with Crippen LogP contribution in [0.2, 0.25) is 0 Å². The molecule has 8 heteroatoms. The van der Waals surface area contributed by atoms with Crippen LogP contribution in [0.4, 0.5) is 0 Å². The Hall–Kier alpha value is -1.15. The highest BCUT2D eigenvalue weighted by atomic mass is 35.5. The average molecular weight is 404 g/mol. The van der Waals surface area contributed by atoms with Crippen molar-refractivity contribution in [3.05, 3.63) is 29.8 Å². The fourth-order valence-electron chi connectivity index (χ4n) is 2.90. The Kier molecular flexibility index (Phi) is 8.07. The van der Waals surface area contributed by atoms with Crippen molar-refractivity contribution in [1.29, 1.82) is 0 Å². The first-order valence-electron chi connectivity index (χ1n) is 8.83. The maximum atomic E-state index is 12.6. The molecule has 0 heterocycles. The van der Waals surface area contributed by atoms with Crippen molar-refractivity contribution in [2.45, 2.75) is 62.9 Å². The monoisotopic (exact) mass is 403 g/mol. The summed E-state index contributed by atoms with van der Waals surface area (Å²) in [5.74, 6) is -0.169. The summed E-state index contributed by atoms with van der Waals surface area (Å²) in [5.41, 5.74) is 5.57. The first kappa shape index (κ1) is 22.9. The van der Waals surface area contributed by atoms with Gasteiger partial charge >= 0.3 is 0 Å². The number of amides is 1. The molecule has 6 nitrogen and oxygen atoms in total. The van der Waals surface area contributed by atoms with E-state index in [2.05, 4.69) is 10.0 Å². The van der Waals surface area contributed by atoms with Crippen LogP contribution in [0, 0.1) is 5.92 Å². The molecular formula is C18H30ClN3O3S. The SMILES string of the molecule is CC(C)C(C)(CN)NC(=O)c1cccc(S(=O)(=O)NC2CCCC2)c1.Cl. The fourth-order valence-corrected chi connectivity index (χ4v) is 4.25. The van der Waals surface area contributed by atoms with Gasteiger partial charge in [0, 0.05) is 18.2 Å². The Labute approximate surface area is 162 Å². The fraction of sp³-hybridized carbons (Fsp3) is 0.611. The van der Waals surface area contributed by atoms with Gasteiger partial charge in [0.15, 0.2) is 0 Å². The van der Waals surface area contributed by atoms with Crippen molar-refractivity contribution >= 4 is 28.3 Å². The van der Waals surface area contributed by atoms with Gasteiger partial charge in [0.2, 0.25) is 10.0 Å². The van der Waals surface area contributed by atoms with Gasteiger partial charge in [-0.25, -0.2) is 13.1 Å². The third-order valence-electron chi connectivity index (χ3n) is 5.18. The summed E-state index contributed by atoms with van der Waals surface area (Å²) in [6.07, 6.45) is 3.82. The summed E-state index contributed by atoms with van der Waals surface area (Å²) in [5, 5.41) is 2.93. The van der Waals surface area contributed by atoms with Crippen molar-refractivity contribution in [2.24, 2.45) is 11.7 Å². The van der Waals surface area contributed by atoms with Crippen molar-refractivity contribution in [2.75, 3.05) is 6.54 Å². The van der Waals surface area contributed by atoms with E-state index in [0.29, 0.717) is 12.1 Å². The molecule has 1 fully saturated rings. The highest BCUT2D eigenvalue weighted by molar-refractivity contribution is 7.89. The van der Waals surface area contributed by atoms with Crippen LogP contribution < -0.4 is 15.8 Å². The van der Waals surface area contributed by atoms with Crippen LogP contribution in [0.5, 0.6) is 0 Å². The van der Waals surface area contributed by atoms with Gasteiger partial charge in [0.25, 0.3) is 5.91 Å². The van der Waals surface area contributed by atoms with Gasteiger partial charge in [0.1, 0.15) is 0 Å². The van der Waals surface area contributed by atoms with Crippen molar-refractivity contribution in [3.8, 4) is 0 Å². The third kappa shape index (κ3) is 5.42. The predicted molar refractivity (Wildman–Crippen MR) is 106 cm³/mol. The summed E-state index contributed by atoms with van der Waals surface area (Å²) < 4.78 is 27.8. The molecule has 0 aromatic heterocycles. The van der Waals surface area contributed by atoms with Gasteiger partial charge in [-0.15, -0.1) is 12.4 Å². The average Bonchev–Trinajstić information content (AvgIpc) is 3.06. The largest absolute Gasteiger partial charge is 0.345 e. The maximum absolute atomic E-state index is 12.6. The van der Waals surface area contributed by atoms with Crippen LogP contribution in [0.1, 0.15) is 56.8 Å². The van der Waals surface area contributed by atoms with Crippen LogP contribution in [0.25, 0.3) is 0 Å². The van der Waals surface area contributed by atoms with Gasteiger partial charge in [-0.3, -0.25) is 4.79 Å². The highest BCUT2D eigenvalue weighted by Gasteiger charge is 2.29. The lowest BCUT2D eigenvalue weighted by molar-refractivity contribution is 0.0883. The number of sulfonamides is 1. The number of nitrogens with two attached hydrogens (primary N) is 1. The molecule has 2 rings (SSSR count). The molecule has 1 amide bonds. The number of hydrogen-bond donors (Lipinski definition) is 3. The molecule has 0 aliphatic heterocycles. The summed E-state index contributed by atoms with van der Waals surface area (Å²) in [7, 11) is -3.62. The summed E-state index contributed by atoms with van der Waals surface area (Å²) in [6.45, 7) is 6.16. The van der Waals surface area contributed by atoms with E-state index in [-0.39, 0.29) is 35.2 Å². The molecule has 148 valence electrons. The molecular weight excluding hydrogens is 374 g/mol. The van der Waals surface area contributed by atoms with Crippen molar-refractivity contribution < 1.29 is 13.2 Å². The zero-order chi connectivity index (χ0) is 18.7. The molecule has 4 N–H and O–H groups in total. The van der Waals surface area contributed by atoms with Gasteiger partial charge < -0.3 is 11.1 Å². The minimum absolute atomic E-state index is 0. The van der Waals surface area contributed by atoms with Gasteiger partial charge in [-0.05, 0) is 43.9 Å². The van der Waals surface area contributed by atoms with Crippen LogP contribution in [0.15, 0.2) is 29.2 Å². The number of nitrogens with one attached hydrogen (secondary N) is 2. The normalized spacial score (nSPS) is 17.6. The van der Waals surface area contributed by atoms with Gasteiger partial charge in [-0.1, -0.05) is 32.8 Å². The maximum Gasteiger partial charge on any atom is 0.251 e. The molecule has 1 unspecified atom stereocenters. The molecule has 1 aromatic carbocycles. The standard InChI is InChI=1S/C18H29N3O3S.ClH/c1-13(2)18(3,12-19)20-17(22)14-7-6-10-16(11-14)25(23,24)21-15-8-4-5-9-15;/h6-7,10-11,13,15,21H,4-5,8-9,12,19H2,1-3H3,(H,20,22);1H. The van der Waals surface area contributed by atoms with E-state index < -0.39 is 15.6 Å². The molecule has 1 atom stereocenters. The molecule has 0 saturated heterocycles. The Morgan fingerprint density at radius 2 is 1.92 bits per heavy atom. The summed E-state index contributed by atoms with van der Waals surface area (Å²) in [6, 6.07) is 6.13. The van der Waals surface area contributed by atoms with Crippen LogP contribution >= 0.6 is 12.4 Å². The van der Waals surface area contributed by atoms with E-state index in [1.54, 1.807) is 12.1 Å². The van der Waals surface area contributed by atoms with E-state index in [1.807, 2.05) is 20.8 Å². The lowest BCUT2D eigenvalue weighted by Gasteiger charge is -2.33. The number of halogens is 1. The molecule has 0 radical (unpaired) electrons. The van der Waals surface area contributed by atoms with Crippen molar-refractivity contribution in [1.82, 2.24) is 10.0 Å². The second-order valence-corrected chi connectivity index (χ2v) is 9.07. The van der Waals surface area contributed by atoms with Crippen molar-refractivity contribution in [3.63, 3.8) is 0 Å². The van der Waals surface area contributed by atoms with E-state index in [9.17, 15) is 13.2 Å². The molecule has 1 saturated carbocycles. The van der Waals surface area contributed by atoms with Gasteiger partial charge in [0.05, 0.1) is 10.4 Å². The van der Waals surface area contributed by atoms with E-state index in [4.69, 9.17) is 5.73 Å². The second kappa shape index (κ2) is 9.17. The Bertz CT molecular complexity index is 718. The predicted octanol–water partition coefficient (Wildman–Crippen LogP) is 2.43. The third-order valence-corrected chi connectivity index (χ3v) is 6.70. The summed E-state index contributed by atoms with van der Waals surface area (Å²) in [4.78, 5) is 12.7. The molecule has 0 spiro atoms.